The monoisotopic (exact) mass is 337 g/mol. The van der Waals surface area contributed by atoms with Gasteiger partial charge in [0.25, 0.3) is 0 Å². The number of carbonyl (C=O) groups is 1. The number of benzene rings is 2. The van der Waals surface area contributed by atoms with Crippen LogP contribution < -0.4 is 5.32 Å². The Morgan fingerprint density at radius 2 is 1.92 bits per heavy atom. The molecule has 2 aromatic carbocycles. The van der Waals surface area contributed by atoms with Gasteiger partial charge in [-0.05, 0) is 31.0 Å². The number of hydrogen-bond acceptors (Lipinski definition) is 3. The lowest BCUT2D eigenvalue weighted by Crippen LogP contribution is -2.28. The van der Waals surface area contributed by atoms with Crippen molar-refractivity contribution in [3.63, 3.8) is 0 Å². The van der Waals surface area contributed by atoms with Crippen LogP contribution in [0.5, 0.6) is 0 Å². The Balaban J connectivity index is 1.69. The Morgan fingerprint density at radius 3 is 2.68 bits per heavy atom. The molecular formula is C21H23NO3. The van der Waals surface area contributed by atoms with Gasteiger partial charge < -0.3 is 14.5 Å². The molecule has 25 heavy (non-hydrogen) atoms. The van der Waals surface area contributed by atoms with Gasteiger partial charge in [0.1, 0.15) is 11.3 Å². The third-order valence-corrected chi connectivity index (χ3v) is 4.32. The fraction of sp³-hybridized carbons (Fsp3) is 0.286. The van der Waals surface area contributed by atoms with Crippen molar-refractivity contribution in [2.24, 2.45) is 0 Å². The van der Waals surface area contributed by atoms with Crippen LogP contribution in [0.2, 0.25) is 0 Å². The molecule has 0 radical (unpaired) electrons. The fourth-order valence-corrected chi connectivity index (χ4v) is 3.15. The molecule has 3 rings (SSSR count). The van der Waals surface area contributed by atoms with E-state index in [1.165, 1.54) is 0 Å². The van der Waals surface area contributed by atoms with Crippen LogP contribution in [0, 0.1) is 6.92 Å². The highest BCUT2D eigenvalue weighted by molar-refractivity contribution is 5.83. The van der Waals surface area contributed by atoms with E-state index in [0.717, 1.165) is 33.4 Å². The Kier molecular flexibility index (Phi) is 5.19. The maximum absolute atomic E-state index is 12.4. The number of fused-ring (bicyclic) bond motifs is 1. The van der Waals surface area contributed by atoms with E-state index in [9.17, 15) is 4.79 Å². The number of hydrogen-bond donors (Lipinski definition) is 1. The van der Waals surface area contributed by atoms with Gasteiger partial charge in [-0.2, -0.15) is 0 Å². The first kappa shape index (κ1) is 17.2. The van der Waals surface area contributed by atoms with Crippen molar-refractivity contribution < 1.29 is 13.9 Å². The number of para-hydroxylation sites is 1. The van der Waals surface area contributed by atoms with Crippen molar-refractivity contribution in [3.05, 3.63) is 71.0 Å². The summed E-state index contributed by atoms with van der Waals surface area (Å²) in [5.41, 5.74) is 3.96. The van der Waals surface area contributed by atoms with E-state index in [1.807, 2.05) is 62.4 Å². The van der Waals surface area contributed by atoms with Gasteiger partial charge in [-0.1, -0.05) is 42.5 Å². The minimum absolute atomic E-state index is 0.0260. The number of carbonyl (C=O) groups excluding carboxylic acids is 1. The summed E-state index contributed by atoms with van der Waals surface area (Å²) in [7, 11) is 1.66. The van der Waals surface area contributed by atoms with E-state index in [4.69, 9.17) is 9.15 Å². The zero-order valence-corrected chi connectivity index (χ0v) is 14.8. The third kappa shape index (κ3) is 3.91. The van der Waals surface area contributed by atoms with Crippen LogP contribution in [0.3, 0.4) is 0 Å². The average Bonchev–Trinajstić information content (AvgIpc) is 2.93. The van der Waals surface area contributed by atoms with Crippen LogP contribution >= 0.6 is 0 Å². The highest BCUT2D eigenvalue weighted by atomic mass is 16.5. The quantitative estimate of drug-likeness (QED) is 0.729. The van der Waals surface area contributed by atoms with E-state index in [0.29, 0.717) is 13.0 Å². The second-order valence-corrected chi connectivity index (χ2v) is 6.31. The summed E-state index contributed by atoms with van der Waals surface area (Å²) in [5.74, 6) is 0.782. The van der Waals surface area contributed by atoms with E-state index in [-0.39, 0.29) is 11.9 Å². The lowest BCUT2D eigenvalue weighted by atomic mass is 10.1. The van der Waals surface area contributed by atoms with E-state index in [1.54, 1.807) is 7.11 Å². The highest BCUT2D eigenvalue weighted by Gasteiger charge is 2.18. The first-order chi connectivity index (χ1) is 12.1. The molecule has 0 saturated heterocycles. The maximum Gasteiger partial charge on any atom is 0.224 e. The summed E-state index contributed by atoms with van der Waals surface area (Å²) in [5, 5.41) is 4.12. The van der Waals surface area contributed by atoms with Crippen molar-refractivity contribution in [2.45, 2.75) is 32.9 Å². The van der Waals surface area contributed by atoms with Crippen molar-refractivity contribution in [1.82, 2.24) is 5.32 Å². The first-order valence-corrected chi connectivity index (χ1v) is 8.42. The molecule has 0 saturated carbocycles. The second kappa shape index (κ2) is 7.53. The van der Waals surface area contributed by atoms with Crippen molar-refractivity contribution >= 4 is 16.9 Å². The molecule has 0 aliphatic heterocycles. The molecule has 0 aliphatic rings. The molecule has 0 aliphatic carbocycles. The predicted octanol–water partition coefficient (Wildman–Crippen LogP) is 4.31. The minimum atomic E-state index is -0.179. The van der Waals surface area contributed by atoms with Gasteiger partial charge in [0.2, 0.25) is 5.91 Å². The normalized spacial score (nSPS) is 12.3. The summed E-state index contributed by atoms with van der Waals surface area (Å²) in [6.07, 6.45) is 0.334. The number of aryl methyl sites for hydroxylation is 1. The topological polar surface area (TPSA) is 51.5 Å². The summed E-state index contributed by atoms with van der Waals surface area (Å²) < 4.78 is 11.1. The average molecular weight is 337 g/mol. The Bertz CT molecular complexity index is 882. The second-order valence-electron chi connectivity index (χ2n) is 6.31. The minimum Gasteiger partial charge on any atom is -0.459 e. The maximum atomic E-state index is 12.4. The number of furan rings is 1. The van der Waals surface area contributed by atoms with Crippen LogP contribution in [-0.4, -0.2) is 13.0 Å². The molecule has 3 aromatic rings. The van der Waals surface area contributed by atoms with Crippen molar-refractivity contribution in [1.29, 1.82) is 0 Å². The molecule has 1 N–H and O–H groups in total. The first-order valence-electron chi connectivity index (χ1n) is 8.42. The van der Waals surface area contributed by atoms with Gasteiger partial charge >= 0.3 is 0 Å². The Hall–Kier alpha value is -2.59. The van der Waals surface area contributed by atoms with Crippen LogP contribution in [0.25, 0.3) is 11.0 Å². The van der Waals surface area contributed by atoms with Gasteiger partial charge in [-0.15, -0.1) is 0 Å². The molecule has 1 heterocycles. The lowest BCUT2D eigenvalue weighted by Gasteiger charge is -2.13. The summed E-state index contributed by atoms with van der Waals surface area (Å²) in [6.45, 7) is 4.52. The molecule has 1 amide bonds. The largest absolute Gasteiger partial charge is 0.459 e. The van der Waals surface area contributed by atoms with Gasteiger partial charge in [0.05, 0.1) is 19.1 Å². The van der Waals surface area contributed by atoms with Gasteiger partial charge in [0, 0.05) is 18.1 Å². The van der Waals surface area contributed by atoms with Crippen LogP contribution in [0.1, 0.15) is 35.4 Å². The van der Waals surface area contributed by atoms with Crippen LogP contribution in [-0.2, 0) is 22.6 Å². The molecular weight excluding hydrogens is 314 g/mol. The Morgan fingerprint density at radius 1 is 1.16 bits per heavy atom. The Labute approximate surface area is 147 Å². The fourth-order valence-electron chi connectivity index (χ4n) is 3.15. The van der Waals surface area contributed by atoms with E-state index >= 15 is 0 Å². The number of nitrogens with one attached hydrogen (secondary N) is 1. The number of rotatable bonds is 6. The zero-order chi connectivity index (χ0) is 17.8. The molecule has 4 nitrogen and oxygen atoms in total. The van der Waals surface area contributed by atoms with Crippen LogP contribution in [0.15, 0.2) is 52.9 Å². The van der Waals surface area contributed by atoms with Gasteiger partial charge in [-0.25, -0.2) is 0 Å². The molecule has 1 atom stereocenters. The molecule has 0 fully saturated rings. The zero-order valence-electron chi connectivity index (χ0n) is 14.8. The summed E-state index contributed by atoms with van der Waals surface area (Å²) in [6, 6.07) is 15.6. The molecule has 4 heteroatoms. The number of ether oxygens (including phenoxy) is 1. The van der Waals surface area contributed by atoms with E-state index < -0.39 is 0 Å². The van der Waals surface area contributed by atoms with Gasteiger partial charge in [0.15, 0.2) is 0 Å². The molecule has 0 unspecified atom stereocenters. The lowest BCUT2D eigenvalue weighted by molar-refractivity contribution is -0.121. The number of amides is 1. The molecule has 0 spiro atoms. The van der Waals surface area contributed by atoms with E-state index in [2.05, 4.69) is 5.32 Å². The SMILES string of the molecule is COCc1cccc(CC(=O)N[C@@H](C)c2oc3ccccc3c2C)c1. The summed E-state index contributed by atoms with van der Waals surface area (Å²) >= 11 is 0. The van der Waals surface area contributed by atoms with Crippen molar-refractivity contribution in [2.75, 3.05) is 7.11 Å². The van der Waals surface area contributed by atoms with Gasteiger partial charge in [-0.3, -0.25) is 4.79 Å². The number of methoxy groups -OCH3 is 1. The smallest absolute Gasteiger partial charge is 0.224 e. The standard InChI is InChI=1S/C21H23NO3/c1-14-18-9-4-5-10-19(18)25-21(14)15(2)22-20(23)12-16-7-6-8-17(11-16)13-24-3/h4-11,15H,12-13H2,1-3H3,(H,22,23)/t15-/m0/s1. The molecule has 0 bridgehead atoms. The predicted molar refractivity (Wildman–Crippen MR) is 98.4 cm³/mol. The van der Waals surface area contributed by atoms with Crippen molar-refractivity contribution in [3.8, 4) is 0 Å². The molecule has 1 aromatic heterocycles. The molecule has 130 valence electrons. The summed E-state index contributed by atoms with van der Waals surface area (Å²) in [4.78, 5) is 12.4. The third-order valence-electron chi connectivity index (χ3n) is 4.32. The van der Waals surface area contributed by atoms with Crippen LogP contribution in [0.4, 0.5) is 0 Å². The highest BCUT2D eigenvalue weighted by Crippen LogP contribution is 2.29.